The Morgan fingerprint density at radius 2 is 2.30 bits per heavy atom. The van der Waals surface area contributed by atoms with Crippen LogP contribution in [0.4, 0.5) is 0 Å². The van der Waals surface area contributed by atoms with Crippen LogP contribution in [0.1, 0.15) is 6.42 Å². The van der Waals surface area contributed by atoms with Gasteiger partial charge < -0.3 is 4.74 Å². The lowest BCUT2D eigenvalue weighted by molar-refractivity contribution is -0.116. The molecule has 0 aliphatic carbocycles. The van der Waals surface area contributed by atoms with Crippen LogP contribution in [-0.4, -0.2) is 17.7 Å². The number of ether oxygens (including phenoxy) is 1. The number of hydrogen-bond acceptors (Lipinski definition) is 2. The van der Waals surface area contributed by atoms with Gasteiger partial charge in [-0.15, -0.1) is 0 Å². The fourth-order valence-electron chi connectivity index (χ4n) is 0.693. The summed E-state index contributed by atoms with van der Waals surface area (Å²) in [5.41, 5.74) is 0. The van der Waals surface area contributed by atoms with E-state index in [4.69, 9.17) is 4.74 Å². The van der Waals surface area contributed by atoms with Crippen LogP contribution < -0.4 is 0 Å². The maximum Gasteiger partial charge on any atom is 0.176 e. The van der Waals surface area contributed by atoms with Gasteiger partial charge in [-0.3, -0.25) is 4.79 Å². The molecule has 0 aromatic carbocycles. The molecule has 0 amide bonds. The van der Waals surface area contributed by atoms with E-state index in [1.807, 2.05) is 0 Å². The zero-order chi connectivity index (χ0) is 7.56. The van der Waals surface area contributed by atoms with E-state index in [9.17, 15) is 4.79 Å². The van der Waals surface area contributed by atoms with Crippen molar-refractivity contribution in [2.45, 2.75) is 6.42 Å². The van der Waals surface area contributed by atoms with Crippen molar-refractivity contribution in [1.29, 1.82) is 0 Å². The largest absolute Gasteiger partial charge is 0.495 e. The molecule has 56 valence electrons. The van der Waals surface area contributed by atoms with Crippen LogP contribution >= 0.6 is 31.9 Å². The van der Waals surface area contributed by atoms with Gasteiger partial charge in [0, 0.05) is 6.42 Å². The average molecular weight is 270 g/mol. The summed E-state index contributed by atoms with van der Waals surface area (Å²) in [6.07, 6.45) is 0.483. The quantitative estimate of drug-likeness (QED) is 0.681. The fourth-order valence-corrected chi connectivity index (χ4v) is 1.96. The molecule has 1 aliphatic rings. The van der Waals surface area contributed by atoms with Gasteiger partial charge in [-0.2, -0.15) is 0 Å². The summed E-state index contributed by atoms with van der Waals surface area (Å²) < 4.78 is 5.75. The number of carbonyl (C=O) groups excluding carboxylic acids is 1. The Kier molecular flexibility index (Phi) is 2.92. The van der Waals surface area contributed by atoms with E-state index < -0.39 is 0 Å². The van der Waals surface area contributed by atoms with Crippen LogP contribution in [0.2, 0.25) is 0 Å². The molecule has 0 aromatic heterocycles. The number of alkyl halides is 1. The van der Waals surface area contributed by atoms with Crippen molar-refractivity contribution in [3.8, 4) is 0 Å². The smallest absolute Gasteiger partial charge is 0.176 e. The zero-order valence-electron chi connectivity index (χ0n) is 5.19. The standard InChI is InChI=1S/C6H6Br2O2/c7-3-5-6(8)4(9)1-2-10-5/h1-3H2. The SMILES string of the molecule is O=C1CCOC(CBr)=C1Br. The summed E-state index contributed by atoms with van der Waals surface area (Å²) in [6.45, 7) is 0.509. The van der Waals surface area contributed by atoms with Crippen LogP contribution in [0.25, 0.3) is 0 Å². The minimum absolute atomic E-state index is 0.126. The summed E-state index contributed by atoms with van der Waals surface area (Å²) in [7, 11) is 0. The molecule has 0 bridgehead atoms. The predicted molar refractivity (Wildman–Crippen MR) is 45.3 cm³/mol. The van der Waals surface area contributed by atoms with E-state index in [2.05, 4.69) is 31.9 Å². The Morgan fingerprint density at radius 1 is 1.60 bits per heavy atom. The molecule has 0 saturated heterocycles. The molecule has 0 radical (unpaired) electrons. The van der Waals surface area contributed by atoms with Gasteiger partial charge in [0.25, 0.3) is 0 Å². The third kappa shape index (κ3) is 1.61. The number of halogens is 2. The second-order valence-corrected chi connectivity index (χ2v) is 3.25. The predicted octanol–water partition coefficient (Wildman–Crippen LogP) is 1.98. The molecule has 0 aromatic rings. The highest BCUT2D eigenvalue weighted by atomic mass is 79.9. The van der Waals surface area contributed by atoms with Crippen LogP contribution in [0.5, 0.6) is 0 Å². The molecule has 1 heterocycles. The van der Waals surface area contributed by atoms with Crippen LogP contribution in [0, 0.1) is 0 Å². The highest BCUT2D eigenvalue weighted by Gasteiger charge is 2.18. The van der Waals surface area contributed by atoms with Gasteiger partial charge in [-0.25, -0.2) is 0 Å². The van der Waals surface area contributed by atoms with Crippen molar-refractivity contribution < 1.29 is 9.53 Å². The van der Waals surface area contributed by atoms with Gasteiger partial charge in [0.15, 0.2) is 5.78 Å². The number of allylic oxidation sites excluding steroid dienone is 2. The minimum Gasteiger partial charge on any atom is -0.495 e. The first-order valence-electron chi connectivity index (χ1n) is 2.86. The normalized spacial score (nSPS) is 19.2. The molecule has 0 N–H and O–H groups in total. The molecule has 0 atom stereocenters. The van der Waals surface area contributed by atoms with Crippen molar-refractivity contribution in [3.05, 3.63) is 10.2 Å². The third-order valence-electron chi connectivity index (χ3n) is 1.22. The van der Waals surface area contributed by atoms with Crippen molar-refractivity contribution in [1.82, 2.24) is 0 Å². The number of hydrogen-bond donors (Lipinski definition) is 0. The lowest BCUT2D eigenvalue weighted by Crippen LogP contribution is -2.14. The lowest BCUT2D eigenvalue weighted by Gasteiger charge is -2.14. The second-order valence-electron chi connectivity index (χ2n) is 1.89. The highest BCUT2D eigenvalue weighted by molar-refractivity contribution is 9.12. The van der Waals surface area contributed by atoms with E-state index in [0.29, 0.717) is 28.6 Å². The molecule has 2 nitrogen and oxygen atoms in total. The summed E-state index contributed by atoms with van der Waals surface area (Å²) >= 11 is 6.37. The molecule has 0 saturated carbocycles. The summed E-state index contributed by atoms with van der Waals surface area (Å²) in [6, 6.07) is 0. The van der Waals surface area contributed by atoms with Gasteiger partial charge in [0.05, 0.1) is 16.4 Å². The molecule has 0 spiro atoms. The van der Waals surface area contributed by atoms with Gasteiger partial charge in [-0.1, -0.05) is 15.9 Å². The molecule has 1 rings (SSSR count). The Balaban J connectivity index is 2.82. The van der Waals surface area contributed by atoms with Crippen LogP contribution in [0.15, 0.2) is 10.2 Å². The van der Waals surface area contributed by atoms with E-state index in [1.54, 1.807) is 0 Å². The van der Waals surface area contributed by atoms with Crippen LogP contribution in [0.3, 0.4) is 0 Å². The van der Waals surface area contributed by atoms with E-state index in [0.717, 1.165) is 0 Å². The number of Topliss-reactive ketones (excluding diaryl/α,β-unsaturated/α-hetero) is 1. The summed E-state index contributed by atoms with van der Waals surface area (Å²) in [5, 5.41) is 0.597. The Morgan fingerprint density at radius 3 is 2.80 bits per heavy atom. The first-order chi connectivity index (χ1) is 4.75. The minimum atomic E-state index is 0.126. The monoisotopic (exact) mass is 268 g/mol. The topological polar surface area (TPSA) is 26.3 Å². The molecule has 10 heavy (non-hydrogen) atoms. The van der Waals surface area contributed by atoms with Gasteiger partial charge in [0.2, 0.25) is 0 Å². The first-order valence-corrected chi connectivity index (χ1v) is 4.77. The van der Waals surface area contributed by atoms with E-state index in [1.165, 1.54) is 0 Å². The van der Waals surface area contributed by atoms with E-state index >= 15 is 0 Å². The molecule has 0 fully saturated rings. The van der Waals surface area contributed by atoms with Crippen molar-refractivity contribution in [2.24, 2.45) is 0 Å². The molecule has 1 aliphatic heterocycles. The Bertz CT molecular complexity index is 186. The average Bonchev–Trinajstić information content (AvgIpc) is 1.95. The second kappa shape index (κ2) is 3.53. The Labute approximate surface area is 75.9 Å². The van der Waals surface area contributed by atoms with Crippen molar-refractivity contribution in [3.63, 3.8) is 0 Å². The Hall–Kier alpha value is 0.170. The molecule has 0 unspecified atom stereocenters. The summed E-state index contributed by atoms with van der Waals surface area (Å²) in [4.78, 5) is 11.0. The lowest BCUT2D eigenvalue weighted by atomic mass is 10.2. The number of rotatable bonds is 1. The van der Waals surface area contributed by atoms with Gasteiger partial charge in [0.1, 0.15) is 5.76 Å². The molecular weight excluding hydrogens is 264 g/mol. The van der Waals surface area contributed by atoms with Gasteiger partial charge >= 0.3 is 0 Å². The van der Waals surface area contributed by atoms with Gasteiger partial charge in [-0.05, 0) is 15.9 Å². The maximum absolute atomic E-state index is 11.0. The zero-order valence-corrected chi connectivity index (χ0v) is 8.37. The maximum atomic E-state index is 11.0. The van der Waals surface area contributed by atoms with Crippen molar-refractivity contribution >= 4 is 37.6 Å². The number of ketones is 1. The van der Waals surface area contributed by atoms with Crippen molar-refractivity contribution in [2.75, 3.05) is 11.9 Å². The molecule has 4 heteroatoms. The summed E-state index contributed by atoms with van der Waals surface area (Å²) in [5.74, 6) is 0.831. The third-order valence-corrected chi connectivity index (χ3v) is 2.61. The first kappa shape index (κ1) is 8.27. The molecular formula is C6H6Br2O2. The fraction of sp³-hybridized carbons (Fsp3) is 0.500. The van der Waals surface area contributed by atoms with Crippen LogP contribution in [-0.2, 0) is 9.53 Å². The van der Waals surface area contributed by atoms with E-state index in [-0.39, 0.29) is 5.78 Å². The highest BCUT2D eigenvalue weighted by Crippen LogP contribution is 2.22. The number of carbonyl (C=O) groups is 1.